The second kappa shape index (κ2) is 3.95. The maximum absolute atomic E-state index is 9.43. The van der Waals surface area contributed by atoms with Gasteiger partial charge in [-0.05, 0) is 39.7 Å². The van der Waals surface area contributed by atoms with E-state index < -0.39 is 5.60 Å². The van der Waals surface area contributed by atoms with Gasteiger partial charge in [-0.3, -0.25) is 0 Å². The molecular formula is C10H21NO2. The Bertz CT molecular complexity index is 159. The fourth-order valence-electron chi connectivity index (χ4n) is 1.32. The van der Waals surface area contributed by atoms with E-state index in [1.807, 2.05) is 13.8 Å². The van der Waals surface area contributed by atoms with Crippen LogP contribution in [-0.4, -0.2) is 35.5 Å². The zero-order valence-electron chi connectivity index (χ0n) is 8.64. The van der Waals surface area contributed by atoms with Crippen LogP contribution in [0, 0.1) is 5.41 Å². The highest BCUT2D eigenvalue weighted by atomic mass is 16.3. The van der Waals surface area contributed by atoms with Crippen LogP contribution >= 0.6 is 0 Å². The molecule has 0 amide bonds. The number of hydrogen-bond donors (Lipinski definition) is 3. The van der Waals surface area contributed by atoms with E-state index in [4.69, 9.17) is 5.11 Å². The summed E-state index contributed by atoms with van der Waals surface area (Å²) < 4.78 is 0. The molecule has 0 heterocycles. The molecule has 0 radical (unpaired) electrons. The topological polar surface area (TPSA) is 52.5 Å². The van der Waals surface area contributed by atoms with Gasteiger partial charge in [0, 0.05) is 18.6 Å². The van der Waals surface area contributed by atoms with E-state index >= 15 is 0 Å². The lowest BCUT2D eigenvalue weighted by Gasteiger charge is -2.18. The van der Waals surface area contributed by atoms with Crippen molar-refractivity contribution in [1.82, 2.24) is 5.32 Å². The Morgan fingerprint density at radius 3 is 2.38 bits per heavy atom. The zero-order valence-corrected chi connectivity index (χ0v) is 8.64. The molecule has 1 aliphatic rings. The number of rotatable bonds is 6. The van der Waals surface area contributed by atoms with E-state index in [1.165, 1.54) is 0 Å². The average molecular weight is 187 g/mol. The molecule has 1 saturated carbocycles. The Balaban J connectivity index is 2.02. The van der Waals surface area contributed by atoms with Crippen LogP contribution in [0.3, 0.4) is 0 Å². The normalized spacial score (nSPS) is 20.3. The van der Waals surface area contributed by atoms with Gasteiger partial charge in [-0.1, -0.05) is 0 Å². The molecular weight excluding hydrogens is 166 g/mol. The van der Waals surface area contributed by atoms with Gasteiger partial charge in [0.2, 0.25) is 0 Å². The molecule has 1 fully saturated rings. The van der Waals surface area contributed by atoms with Gasteiger partial charge in [-0.2, -0.15) is 0 Å². The summed E-state index contributed by atoms with van der Waals surface area (Å²) in [4.78, 5) is 0. The summed E-state index contributed by atoms with van der Waals surface area (Å²) in [5, 5.41) is 21.7. The van der Waals surface area contributed by atoms with Crippen LogP contribution in [-0.2, 0) is 0 Å². The first-order valence-corrected chi connectivity index (χ1v) is 5.01. The number of aliphatic hydroxyl groups is 2. The van der Waals surface area contributed by atoms with E-state index in [9.17, 15) is 5.11 Å². The van der Waals surface area contributed by atoms with Crippen LogP contribution in [0.25, 0.3) is 0 Å². The summed E-state index contributed by atoms with van der Waals surface area (Å²) in [6, 6.07) is 0. The minimum absolute atomic E-state index is 0.180. The molecule has 3 heteroatoms. The van der Waals surface area contributed by atoms with Gasteiger partial charge in [0.25, 0.3) is 0 Å². The Labute approximate surface area is 80.2 Å². The number of nitrogens with one attached hydrogen (secondary N) is 1. The van der Waals surface area contributed by atoms with Crippen LogP contribution in [0.2, 0.25) is 0 Å². The smallest absolute Gasteiger partial charge is 0.0603 e. The number of aliphatic hydroxyl groups excluding tert-OH is 1. The van der Waals surface area contributed by atoms with Crippen molar-refractivity contribution in [2.45, 2.75) is 38.7 Å². The summed E-state index contributed by atoms with van der Waals surface area (Å²) in [6.07, 6.45) is 3.03. The van der Waals surface area contributed by atoms with Crippen molar-refractivity contribution in [2.24, 2.45) is 5.41 Å². The molecule has 1 rings (SSSR count). The predicted molar refractivity (Wildman–Crippen MR) is 52.5 cm³/mol. The highest BCUT2D eigenvalue weighted by Gasteiger charge is 2.41. The Morgan fingerprint density at radius 1 is 1.38 bits per heavy atom. The number of hydrogen-bond acceptors (Lipinski definition) is 3. The van der Waals surface area contributed by atoms with E-state index in [-0.39, 0.29) is 5.41 Å². The highest BCUT2D eigenvalue weighted by Crippen LogP contribution is 2.44. The van der Waals surface area contributed by atoms with Gasteiger partial charge in [-0.25, -0.2) is 0 Å². The summed E-state index contributed by atoms with van der Waals surface area (Å²) in [7, 11) is 0. The maximum atomic E-state index is 9.43. The van der Waals surface area contributed by atoms with Crippen molar-refractivity contribution in [3.8, 4) is 0 Å². The fourth-order valence-corrected chi connectivity index (χ4v) is 1.32. The van der Waals surface area contributed by atoms with Crippen molar-refractivity contribution in [2.75, 3.05) is 19.7 Å². The second-order valence-corrected chi connectivity index (χ2v) is 4.90. The first-order chi connectivity index (χ1) is 5.97. The Hall–Kier alpha value is -0.120. The molecule has 0 spiro atoms. The predicted octanol–water partition coefficient (Wildman–Crippen LogP) is 0.509. The molecule has 0 atom stereocenters. The monoisotopic (exact) mass is 187 g/mol. The van der Waals surface area contributed by atoms with Crippen LogP contribution in [0.1, 0.15) is 33.1 Å². The van der Waals surface area contributed by atoms with Crippen molar-refractivity contribution >= 4 is 0 Å². The summed E-state index contributed by atoms with van der Waals surface area (Å²) in [6.45, 7) is 5.63. The summed E-state index contributed by atoms with van der Waals surface area (Å²) in [5.41, 5.74) is -0.400. The lowest BCUT2D eigenvalue weighted by molar-refractivity contribution is 0.0704. The molecule has 13 heavy (non-hydrogen) atoms. The Morgan fingerprint density at radius 2 is 2.00 bits per heavy atom. The van der Waals surface area contributed by atoms with Gasteiger partial charge < -0.3 is 15.5 Å². The SMILES string of the molecule is CC(C)(O)CCNCC1(CO)CC1. The van der Waals surface area contributed by atoms with Gasteiger partial charge in [0.1, 0.15) is 0 Å². The molecule has 0 bridgehead atoms. The second-order valence-electron chi connectivity index (χ2n) is 4.90. The molecule has 78 valence electrons. The van der Waals surface area contributed by atoms with E-state index in [2.05, 4.69) is 5.32 Å². The average Bonchev–Trinajstić information content (AvgIpc) is 2.78. The molecule has 0 aromatic carbocycles. The largest absolute Gasteiger partial charge is 0.396 e. The van der Waals surface area contributed by atoms with Crippen molar-refractivity contribution in [3.05, 3.63) is 0 Å². The maximum Gasteiger partial charge on any atom is 0.0603 e. The van der Waals surface area contributed by atoms with Crippen LogP contribution < -0.4 is 5.32 Å². The van der Waals surface area contributed by atoms with Crippen LogP contribution in [0.15, 0.2) is 0 Å². The van der Waals surface area contributed by atoms with Gasteiger partial charge in [0.15, 0.2) is 0 Å². The third-order valence-electron chi connectivity index (χ3n) is 2.71. The van der Waals surface area contributed by atoms with Gasteiger partial charge in [-0.15, -0.1) is 0 Å². The molecule has 3 nitrogen and oxygen atoms in total. The first kappa shape index (κ1) is 11.0. The van der Waals surface area contributed by atoms with E-state index in [1.54, 1.807) is 0 Å². The molecule has 0 aromatic heterocycles. The van der Waals surface area contributed by atoms with Gasteiger partial charge in [0.05, 0.1) is 5.60 Å². The highest BCUT2D eigenvalue weighted by molar-refractivity contribution is 4.94. The third-order valence-corrected chi connectivity index (χ3v) is 2.71. The van der Waals surface area contributed by atoms with Crippen LogP contribution in [0.4, 0.5) is 0 Å². The standard InChI is InChI=1S/C10H21NO2/c1-9(2,13)5-6-11-7-10(8-12)3-4-10/h11-13H,3-8H2,1-2H3. The van der Waals surface area contributed by atoms with Crippen molar-refractivity contribution in [1.29, 1.82) is 0 Å². The quantitative estimate of drug-likeness (QED) is 0.531. The molecule has 0 aromatic rings. The van der Waals surface area contributed by atoms with E-state index in [0.29, 0.717) is 6.61 Å². The molecule has 1 aliphatic carbocycles. The molecule has 0 aliphatic heterocycles. The van der Waals surface area contributed by atoms with Crippen LogP contribution in [0.5, 0.6) is 0 Å². The lowest BCUT2D eigenvalue weighted by Crippen LogP contribution is -2.31. The van der Waals surface area contributed by atoms with E-state index in [0.717, 1.165) is 32.4 Å². The summed E-state index contributed by atoms with van der Waals surface area (Å²) in [5.74, 6) is 0. The van der Waals surface area contributed by atoms with Crippen molar-refractivity contribution < 1.29 is 10.2 Å². The Kier molecular flexibility index (Phi) is 3.33. The molecule has 3 N–H and O–H groups in total. The minimum Gasteiger partial charge on any atom is -0.396 e. The third kappa shape index (κ3) is 4.07. The molecule has 0 saturated heterocycles. The zero-order chi connectivity index (χ0) is 9.95. The lowest BCUT2D eigenvalue weighted by atomic mass is 10.1. The first-order valence-electron chi connectivity index (χ1n) is 5.01. The van der Waals surface area contributed by atoms with Crippen molar-refractivity contribution in [3.63, 3.8) is 0 Å². The summed E-state index contributed by atoms with van der Waals surface area (Å²) >= 11 is 0. The van der Waals surface area contributed by atoms with Gasteiger partial charge >= 0.3 is 0 Å². The minimum atomic E-state index is -0.580. The molecule has 0 unspecified atom stereocenters. The fraction of sp³-hybridized carbons (Fsp3) is 1.00.